The Hall–Kier alpha value is -4.29. The van der Waals surface area contributed by atoms with Crippen molar-refractivity contribution < 1.29 is 4.79 Å². The number of nitrogens with one attached hydrogen (secondary N) is 1. The van der Waals surface area contributed by atoms with Crippen LogP contribution in [-0.2, 0) is 13.0 Å². The second-order valence-corrected chi connectivity index (χ2v) is 9.97. The van der Waals surface area contributed by atoms with Crippen molar-refractivity contribution in [1.29, 1.82) is 0 Å². The molecule has 3 aromatic carbocycles. The highest BCUT2D eigenvalue weighted by molar-refractivity contribution is 6.30. The van der Waals surface area contributed by atoms with E-state index in [4.69, 9.17) is 16.7 Å². The molecule has 7 heteroatoms. The van der Waals surface area contributed by atoms with E-state index < -0.39 is 0 Å². The number of aromatic nitrogens is 3. The van der Waals surface area contributed by atoms with E-state index >= 15 is 0 Å². The lowest BCUT2D eigenvalue weighted by Gasteiger charge is -2.31. The number of carbonyl (C=O) groups is 1. The molecular formula is C31H28ClN5O. The van der Waals surface area contributed by atoms with Gasteiger partial charge in [0.25, 0.3) is 0 Å². The Kier molecular flexibility index (Phi) is 6.26. The Morgan fingerprint density at radius 2 is 1.79 bits per heavy atom. The fraction of sp³-hybridized carbons (Fsp3) is 0.161. The van der Waals surface area contributed by atoms with Crippen LogP contribution in [0.2, 0.25) is 5.02 Å². The smallest absolute Gasteiger partial charge is 0.308 e. The molecule has 2 amide bonds. The molecule has 1 atom stereocenters. The fourth-order valence-electron chi connectivity index (χ4n) is 5.27. The first-order valence-electron chi connectivity index (χ1n) is 12.8. The Labute approximate surface area is 227 Å². The summed E-state index contributed by atoms with van der Waals surface area (Å²) in [6, 6.07) is 29.4. The van der Waals surface area contributed by atoms with E-state index in [0.29, 0.717) is 17.3 Å². The standard InChI is InChI=1S/C31H28ClN5O/c1-3-27-26-20-36(31(38)33-24-16-14-23(32)15-17-24)29(22-10-7-9-21(2)19-22)28-13-8-18-35(28)30(26)37(34-27)25-11-5-4-6-12-25/h4-19,29H,3,20H2,1-2H3,(H,33,38). The Balaban J connectivity index is 1.55. The summed E-state index contributed by atoms with van der Waals surface area (Å²) in [6.45, 7) is 4.59. The van der Waals surface area contributed by atoms with Crippen molar-refractivity contribution in [1.82, 2.24) is 19.2 Å². The van der Waals surface area contributed by atoms with Gasteiger partial charge in [-0.25, -0.2) is 9.48 Å². The van der Waals surface area contributed by atoms with E-state index in [2.05, 4.69) is 72.4 Å². The summed E-state index contributed by atoms with van der Waals surface area (Å²) in [5.41, 5.74) is 6.88. The van der Waals surface area contributed by atoms with Crippen molar-refractivity contribution in [3.63, 3.8) is 0 Å². The maximum absolute atomic E-state index is 14.0. The van der Waals surface area contributed by atoms with E-state index in [9.17, 15) is 4.79 Å². The lowest BCUT2D eigenvalue weighted by Crippen LogP contribution is -2.38. The highest BCUT2D eigenvalue weighted by Crippen LogP contribution is 2.39. The Morgan fingerprint density at radius 1 is 1.00 bits per heavy atom. The number of amides is 2. The van der Waals surface area contributed by atoms with Gasteiger partial charge in [-0.2, -0.15) is 5.10 Å². The zero-order valence-corrected chi connectivity index (χ0v) is 22.1. The van der Waals surface area contributed by atoms with Gasteiger partial charge in [-0.3, -0.25) is 0 Å². The molecule has 190 valence electrons. The van der Waals surface area contributed by atoms with E-state index in [1.54, 1.807) is 12.1 Å². The molecule has 0 fully saturated rings. The molecule has 6 nitrogen and oxygen atoms in total. The lowest BCUT2D eigenvalue weighted by molar-refractivity contribution is 0.194. The van der Waals surface area contributed by atoms with Gasteiger partial charge >= 0.3 is 6.03 Å². The molecule has 38 heavy (non-hydrogen) atoms. The van der Waals surface area contributed by atoms with E-state index in [0.717, 1.165) is 46.0 Å². The van der Waals surface area contributed by atoms with Crippen LogP contribution in [0.3, 0.4) is 0 Å². The van der Waals surface area contributed by atoms with Crippen LogP contribution in [0.1, 0.15) is 41.0 Å². The number of benzene rings is 3. The van der Waals surface area contributed by atoms with Gasteiger partial charge in [0.15, 0.2) is 0 Å². The minimum Gasteiger partial charge on any atom is -0.308 e. The molecule has 0 saturated carbocycles. The van der Waals surface area contributed by atoms with Gasteiger partial charge in [0.1, 0.15) is 5.82 Å². The van der Waals surface area contributed by atoms with Gasteiger partial charge in [0.2, 0.25) is 0 Å². The number of rotatable bonds is 4. The first-order valence-corrected chi connectivity index (χ1v) is 13.1. The molecule has 6 rings (SSSR count). The van der Waals surface area contributed by atoms with Crippen LogP contribution < -0.4 is 5.32 Å². The summed E-state index contributed by atoms with van der Waals surface area (Å²) in [5, 5.41) is 8.75. The van der Waals surface area contributed by atoms with Crippen LogP contribution >= 0.6 is 11.6 Å². The maximum Gasteiger partial charge on any atom is 0.322 e. The van der Waals surface area contributed by atoms with Gasteiger partial charge in [-0.05, 0) is 67.4 Å². The number of fused-ring (bicyclic) bond motifs is 3. The average molecular weight is 522 g/mol. The summed E-state index contributed by atoms with van der Waals surface area (Å²) >= 11 is 6.09. The van der Waals surface area contributed by atoms with Gasteiger partial charge in [0, 0.05) is 22.5 Å². The first-order chi connectivity index (χ1) is 18.5. The van der Waals surface area contributed by atoms with E-state index in [-0.39, 0.29) is 12.1 Å². The average Bonchev–Trinajstić information content (AvgIpc) is 3.51. The number of nitrogens with zero attached hydrogens (tertiary/aromatic N) is 4. The number of aryl methyl sites for hydroxylation is 2. The van der Waals surface area contributed by atoms with Crippen molar-refractivity contribution in [3.8, 4) is 11.5 Å². The minimum atomic E-state index is -0.307. The van der Waals surface area contributed by atoms with Crippen LogP contribution in [0.5, 0.6) is 0 Å². The quantitative estimate of drug-likeness (QED) is 0.269. The SMILES string of the molecule is CCc1nn(-c2ccccc2)c2c1CN(C(=O)Nc1ccc(Cl)cc1)C(c1cccc(C)c1)c1cccn1-2. The number of urea groups is 1. The summed E-state index contributed by atoms with van der Waals surface area (Å²) in [4.78, 5) is 16.0. The lowest BCUT2D eigenvalue weighted by atomic mass is 10.00. The number of halogens is 1. The normalized spacial score (nSPS) is 14.5. The molecule has 1 unspecified atom stereocenters. The highest BCUT2D eigenvalue weighted by Gasteiger charge is 2.36. The van der Waals surface area contributed by atoms with Crippen LogP contribution in [-0.4, -0.2) is 25.3 Å². The van der Waals surface area contributed by atoms with Gasteiger partial charge in [0.05, 0.1) is 29.7 Å². The molecule has 1 aliphatic rings. The second kappa shape index (κ2) is 9.88. The Bertz CT molecular complexity index is 1600. The zero-order valence-electron chi connectivity index (χ0n) is 21.3. The molecule has 3 heterocycles. The van der Waals surface area contributed by atoms with Crippen molar-refractivity contribution >= 4 is 23.3 Å². The minimum absolute atomic E-state index is 0.186. The molecule has 2 aromatic heterocycles. The summed E-state index contributed by atoms with van der Waals surface area (Å²) in [5.74, 6) is 0.965. The third-order valence-corrected chi connectivity index (χ3v) is 7.27. The van der Waals surface area contributed by atoms with Crippen LogP contribution in [0.15, 0.2) is 97.2 Å². The molecule has 0 spiro atoms. The molecule has 0 aliphatic carbocycles. The van der Waals surface area contributed by atoms with Crippen LogP contribution in [0.25, 0.3) is 11.5 Å². The monoisotopic (exact) mass is 521 g/mol. The van der Waals surface area contributed by atoms with Gasteiger partial charge in [-0.15, -0.1) is 0 Å². The van der Waals surface area contributed by atoms with Crippen molar-refractivity contribution in [2.75, 3.05) is 5.32 Å². The van der Waals surface area contributed by atoms with Crippen LogP contribution in [0.4, 0.5) is 10.5 Å². The fourth-order valence-corrected chi connectivity index (χ4v) is 5.39. The molecule has 0 radical (unpaired) electrons. The largest absolute Gasteiger partial charge is 0.322 e. The molecule has 0 saturated heterocycles. The third kappa shape index (κ3) is 4.27. The predicted octanol–water partition coefficient (Wildman–Crippen LogP) is 7.32. The number of anilines is 1. The topological polar surface area (TPSA) is 55.1 Å². The number of hydrogen-bond acceptors (Lipinski definition) is 2. The Morgan fingerprint density at radius 3 is 2.53 bits per heavy atom. The summed E-state index contributed by atoms with van der Waals surface area (Å²) < 4.78 is 4.20. The van der Waals surface area contributed by atoms with Crippen molar-refractivity contribution in [2.45, 2.75) is 32.9 Å². The summed E-state index contributed by atoms with van der Waals surface area (Å²) in [6.07, 6.45) is 2.82. The number of carbonyl (C=O) groups excluding carboxylic acids is 1. The molecule has 1 aliphatic heterocycles. The van der Waals surface area contributed by atoms with Crippen molar-refractivity contribution in [3.05, 3.63) is 130 Å². The van der Waals surface area contributed by atoms with Crippen LogP contribution in [0, 0.1) is 6.92 Å². The maximum atomic E-state index is 14.0. The predicted molar refractivity (Wildman–Crippen MR) is 151 cm³/mol. The molecule has 5 aromatic rings. The first kappa shape index (κ1) is 24.1. The van der Waals surface area contributed by atoms with Gasteiger partial charge < -0.3 is 14.8 Å². The summed E-state index contributed by atoms with van der Waals surface area (Å²) in [7, 11) is 0. The molecule has 0 bridgehead atoms. The molecule has 1 N–H and O–H groups in total. The van der Waals surface area contributed by atoms with Gasteiger partial charge in [-0.1, -0.05) is 66.6 Å². The number of hydrogen-bond donors (Lipinski definition) is 1. The molecular weight excluding hydrogens is 494 g/mol. The second-order valence-electron chi connectivity index (χ2n) is 9.53. The van der Waals surface area contributed by atoms with E-state index in [1.165, 1.54) is 0 Å². The number of para-hydroxylation sites is 1. The zero-order chi connectivity index (χ0) is 26.2. The van der Waals surface area contributed by atoms with E-state index in [1.807, 2.05) is 46.0 Å². The highest BCUT2D eigenvalue weighted by atomic mass is 35.5. The third-order valence-electron chi connectivity index (χ3n) is 7.02. The van der Waals surface area contributed by atoms with Crippen molar-refractivity contribution in [2.24, 2.45) is 0 Å².